The summed E-state index contributed by atoms with van der Waals surface area (Å²) in [5.41, 5.74) is 3.09. The first-order chi connectivity index (χ1) is 18.8. The molecule has 2 bridgehead atoms. The van der Waals surface area contributed by atoms with Gasteiger partial charge in [0.15, 0.2) is 5.82 Å². The summed E-state index contributed by atoms with van der Waals surface area (Å²) < 4.78 is 29.2. The van der Waals surface area contributed by atoms with E-state index in [0.717, 1.165) is 17.7 Å². The molecule has 2 amide bonds. The van der Waals surface area contributed by atoms with Crippen LogP contribution in [0.25, 0.3) is 16.7 Å². The van der Waals surface area contributed by atoms with E-state index >= 15 is 0 Å². The number of hydrogen-bond acceptors (Lipinski definition) is 4. The molecule has 2 aliphatic rings. The lowest BCUT2D eigenvalue weighted by Crippen LogP contribution is -2.38. The van der Waals surface area contributed by atoms with Crippen LogP contribution >= 0.6 is 11.6 Å². The fraction of sp³-hybridized carbons (Fsp3) is 0.267. The Hall–Kier alpha value is -4.09. The van der Waals surface area contributed by atoms with Crippen molar-refractivity contribution >= 4 is 34.7 Å². The summed E-state index contributed by atoms with van der Waals surface area (Å²) in [5, 5.41) is 12.2. The van der Waals surface area contributed by atoms with E-state index in [4.69, 9.17) is 11.6 Å². The minimum absolute atomic E-state index is 0.125. The minimum atomic E-state index is -0.882. The number of rotatable bonds is 2. The van der Waals surface area contributed by atoms with Crippen LogP contribution in [0.1, 0.15) is 55.5 Å². The van der Waals surface area contributed by atoms with Crippen LogP contribution in [0, 0.1) is 28.9 Å². The van der Waals surface area contributed by atoms with Gasteiger partial charge in [0.2, 0.25) is 11.8 Å². The molecule has 39 heavy (non-hydrogen) atoms. The number of halogens is 3. The number of carbonyl (C=O) groups excluding carboxylic acids is 2. The number of benzene rings is 2. The Morgan fingerprint density at radius 3 is 2.72 bits per heavy atom. The van der Waals surface area contributed by atoms with E-state index in [2.05, 4.69) is 16.4 Å². The van der Waals surface area contributed by atoms with Crippen LogP contribution in [0.5, 0.6) is 0 Å². The summed E-state index contributed by atoms with van der Waals surface area (Å²) in [6.45, 7) is 2.09. The predicted octanol–water partition coefficient (Wildman–Crippen LogP) is 6.67. The fourth-order valence-corrected chi connectivity index (χ4v) is 5.37. The molecule has 0 radical (unpaired) electrons. The topological polar surface area (TPSA) is 86.1 Å². The number of hydrogen-bond donors (Lipinski definition) is 1. The Kier molecular flexibility index (Phi) is 7.45. The smallest absolute Gasteiger partial charge is 0.247 e. The summed E-state index contributed by atoms with van der Waals surface area (Å²) >= 11 is 5.88. The van der Waals surface area contributed by atoms with E-state index in [-0.39, 0.29) is 46.9 Å². The molecular formula is C30H25ClF2N4O2. The molecule has 3 heterocycles. The van der Waals surface area contributed by atoms with Crippen molar-refractivity contribution in [2.75, 3.05) is 11.9 Å². The molecular weight excluding hydrogens is 522 g/mol. The average Bonchev–Trinajstić information content (AvgIpc) is 2.93. The maximum absolute atomic E-state index is 14.7. The van der Waals surface area contributed by atoms with Gasteiger partial charge in [0.25, 0.3) is 0 Å². The third-order valence-electron chi connectivity index (χ3n) is 7.35. The number of pyridine rings is 1. The molecule has 3 aromatic rings. The zero-order valence-corrected chi connectivity index (χ0v) is 21.9. The summed E-state index contributed by atoms with van der Waals surface area (Å²) in [5.74, 6) is -2.44. The van der Waals surface area contributed by atoms with Crippen molar-refractivity contribution in [1.82, 2.24) is 9.88 Å². The maximum Gasteiger partial charge on any atom is 0.247 e. The van der Waals surface area contributed by atoms with Crippen LogP contribution in [0.3, 0.4) is 0 Å². The molecule has 198 valence electrons. The Morgan fingerprint density at radius 2 is 1.95 bits per heavy atom. The highest BCUT2D eigenvalue weighted by molar-refractivity contribution is 6.31. The van der Waals surface area contributed by atoms with Gasteiger partial charge in [-0.2, -0.15) is 5.26 Å². The Labute approximate surface area is 229 Å². The van der Waals surface area contributed by atoms with Gasteiger partial charge in [-0.1, -0.05) is 24.9 Å². The monoisotopic (exact) mass is 546 g/mol. The molecule has 0 saturated carbocycles. The molecule has 2 aliphatic heterocycles. The van der Waals surface area contributed by atoms with Gasteiger partial charge >= 0.3 is 0 Å². The lowest BCUT2D eigenvalue weighted by Gasteiger charge is -2.34. The molecule has 0 spiro atoms. The molecule has 9 heteroatoms. The fourth-order valence-electron chi connectivity index (χ4n) is 5.21. The standard InChI is InChI=1S/C30H25ClF2N4O2/c1-17-3-2-4-26(37-12-10-20(15-27(37)38)28-23(32)7-6-22(31)29(28)33)25-14-19(9-11-35-25)21-13-18(16-34)5-8-24(21)36-30(17)39/h5-9,11,13-15,17,26H,2-4,10,12H2,1H3,(H,36,39). The molecule has 1 N–H and O–H groups in total. The van der Waals surface area contributed by atoms with E-state index in [1.54, 1.807) is 35.4 Å². The molecule has 2 atom stereocenters. The molecule has 0 aliphatic carbocycles. The number of nitrogens with zero attached hydrogens (tertiary/aromatic N) is 3. The summed E-state index contributed by atoms with van der Waals surface area (Å²) in [4.78, 5) is 32.6. The van der Waals surface area contributed by atoms with Gasteiger partial charge in [0.05, 0.1) is 34.0 Å². The number of nitrogens with one attached hydrogen (secondary N) is 1. The molecule has 2 aromatic carbocycles. The maximum atomic E-state index is 14.7. The largest absolute Gasteiger partial charge is 0.330 e. The van der Waals surface area contributed by atoms with E-state index in [1.807, 2.05) is 13.0 Å². The van der Waals surface area contributed by atoms with Crippen molar-refractivity contribution in [3.8, 4) is 17.2 Å². The minimum Gasteiger partial charge on any atom is -0.330 e. The molecule has 5 rings (SSSR count). The quantitative estimate of drug-likeness (QED) is 0.364. The third kappa shape index (κ3) is 5.27. The third-order valence-corrected chi connectivity index (χ3v) is 7.64. The number of amides is 2. The zero-order valence-electron chi connectivity index (χ0n) is 21.2. The Balaban J connectivity index is 1.55. The number of fused-ring (bicyclic) bond motifs is 4. The first-order valence-corrected chi connectivity index (χ1v) is 13.1. The molecule has 0 saturated heterocycles. The SMILES string of the molecule is CC1CCCC(N2CCC(c3c(F)ccc(Cl)c3F)=CC2=O)c2cc(ccn2)-c2cc(C#N)ccc2NC1=O. The summed E-state index contributed by atoms with van der Waals surface area (Å²) in [6.07, 6.45) is 4.95. The zero-order chi connectivity index (χ0) is 27.7. The summed E-state index contributed by atoms with van der Waals surface area (Å²) in [7, 11) is 0. The van der Waals surface area contributed by atoms with E-state index in [0.29, 0.717) is 41.8 Å². The summed E-state index contributed by atoms with van der Waals surface area (Å²) in [6, 6.07) is 12.7. The van der Waals surface area contributed by atoms with Crippen molar-refractivity contribution in [3.63, 3.8) is 0 Å². The van der Waals surface area contributed by atoms with Crippen LogP contribution in [0.2, 0.25) is 5.02 Å². The Morgan fingerprint density at radius 1 is 1.13 bits per heavy atom. The number of nitriles is 1. The van der Waals surface area contributed by atoms with Crippen molar-refractivity contribution < 1.29 is 18.4 Å². The molecule has 2 unspecified atom stereocenters. The normalized spacial score (nSPS) is 19.7. The van der Waals surface area contributed by atoms with Crippen molar-refractivity contribution in [1.29, 1.82) is 5.26 Å². The van der Waals surface area contributed by atoms with Crippen LogP contribution in [0.4, 0.5) is 14.5 Å². The van der Waals surface area contributed by atoms with E-state index in [1.165, 1.54) is 6.08 Å². The van der Waals surface area contributed by atoms with Crippen molar-refractivity contribution in [2.24, 2.45) is 5.92 Å². The lowest BCUT2D eigenvalue weighted by molar-refractivity contribution is -0.129. The van der Waals surface area contributed by atoms with Crippen LogP contribution < -0.4 is 5.32 Å². The average molecular weight is 547 g/mol. The molecule has 1 aromatic heterocycles. The van der Waals surface area contributed by atoms with E-state index in [9.17, 15) is 23.6 Å². The number of anilines is 1. The highest BCUT2D eigenvalue weighted by atomic mass is 35.5. The second kappa shape index (κ2) is 11.0. The highest BCUT2D eigenvalue weighted by Crippen LogP contribution is 2.37. The van der Waals surface area contributed by atoms with Gasteiger partial charge < -0.3 is 10.2 Å². The second-order valence-corrected chi connectivity index (χ2v) is 10.3. The van der Waals surface area contributed by atoms with Crippen LogP contribution in [-0.4, -0.2) is 28.2 Å². The van der Waals surface area contributed by atoms with Gasteiger partial charge in [-0.25, -0.2) is 8.78 Å². The second-order valence-electron chi connectivity index (χ2n) is 9.85. The first kappa shape index (κ1) is 26.5. The van der Waals surface area contributed by atoms with Gasteiger partial charge in [0, 0.05) is 36.0 Å². The van der Waals surface area contributed by atoms with Crippen LogP contribution in [0.15, 0.2) is 54.7 Å². The van der Waals surface area contributed by atoms with Crippen molar-refractivity contribution in [3.05, 3.63) is 88.2 Å². The lowest BCUT2D eigenvalue weighted by atomic mass is 9.92. The Bertz CT molecular complexity index is 1550. The highest BCUT2D eigenvalue weighted by Gasteiger charge is 2.31. The first-order valence-electron chi connectivity index (χ1n) is 12.7. The van der Waals surface area contributed by atoms with Gasteiger partial charge in [-0.15, -0.1) is 0 Å². The van der Waals surface area contributed by atoms with Crippen LogP contribution in [-0.2, 0) is 9.59 Å². The molecule has 6 nitrogen and oxygen atoms in total. The van der Waals surface area contributed by atoms with Gasteiger partial charge in [0.1, 0.15) is 5.82 Å². The number of aromatic nitrogens is 1. The predicted molar refractivity (Wildman–Crippen MR) is 144 cm³/mol. The number of carbonyl (C=O) groups is 2. The van der Waals surface area contributed by atoms with E-state index < -0.39 is 17.7 Å². The van der Waals surface area contributed by atoms with Gasteiger partial charge in [-0.05, 0) is 72.9 Å². The van der Waals surface area contributed by atoms with Gasteiger partial charge in [-0.3, -0.25) is 14.6 Å². The van der Waals surface area contributed by atoms with Crippen molar-refractivity contribution in [2.45, 2.75) is 38.6 Å². The molecule has 0 fully saturated rings.